The van der Waals surface area contributed by atoms with Gasteiger partial charge >= 0.3 is 12.2 Å². The van der Waals surface area contributed by atoms with Crippen molar-refractivity contribution < 1.29 is 24.2 Å². The van der Waals surface area contributed by atoms with E-state index in [1.54, 1.807) is 20.8 Å². The highest BCUT2D eigenvalue weighted by atomic mass is 16.6. The second kappa shape index (κ2) is 10.6. The third kappa shape index (κ3) is 10.2. The molecule has 3 N–H and O–H groups in total. The first-order valence-electron chi connectivity index (χ1n) is 8.35. The molecule has 0 spiro atoms. The summed E-state index contributed by atoms with van der Waals surface area (Å²) in [4.78, 5) is 23.2. The molecular weight excluding hydrogens is 324 g/mol. The van der Waals surface area contributed by atoms with E-state index in [4.69, 9.17) is 9.47 Å². The van der Waals surface area contributed by atoms with Gasteiger partial charge in [0.2, 0.25) is 0 Å². The molecule has 7 nitrogen and oxygen atoms in total. The van der Waals surface area contributed by atoms with Gasteiger partial charge < -0.3 is 25.2 Å². The molecule has 0 aliphatic carbocycles. The molecule has 0 saturated heterocycles. The van der Waals surface area contributed by atoms with Gasteiger partial charge in [-0.05, 0) is 39.2 Å². The molecule has 0 fully saturated rings. The first kappa shape index (κ1) is 20.8. The topological polar surface area (TPSA) is 96.9 Å². The van der Waals surface area contributed by atoms with Crippen molar-refractivity contribution in [2.75, 3.05) is 13.2 Å². The lowest BCUT2D eigenvalue weighted by atomic mass is 10.1. The molecule has 0 heterocycles. The summed E-state index contributed by atoms with van der Waals surface area (Å²) in [6.07, 6.45) is 0.0298. The second-order valence-electron chi connectivity index (χ2n) is 6.66. The minimum Gasteiger partial charge on any atom is -0.445 e. The maximum absolute atomic E-state index is 11.7. The number of carbonyl (C=O) groups excluding carboxylic acids is 2. The summed E-state index contributed by atoms with van der Waals surface area (Å²) in [5.74, 6) is 0. The lowest BCUT2D eigenvalue weighted by Crippen LogP contribution is -2.39. The molecule has 7 heteroatoms. The molecule has 0 saturated carbocycles. The first-order valence-corrected chi connectivity index (χ1v) is 8.35. The molecule has 0 aliphatic rings. The average Bonchev–Trinajstić information content (AvgIpc) is 2.55. The Morgan fingerprint density at radius 2 is 1.84 bits per heavy atom. The molecular formula is C18H28N2O5. The van der Waals surface area contributed by atoms with E-state index in [0.717, 1.165) is 5.56 Å². The van der Waals surface area contributed by atoms with Gasteiger partial charge in [0.05, 0.1) is 12.6 Å². The number of aliphatic hydroxyl groups excluding tert-OH is 1. The van der Waals surface area contributed by atoms with Crippen LogP contribution in [0.2, 0.25) is 0 Å². The van der Waals surface area contributed by atoms with Crippen molar-refractivity contribution in [2.45, 2.75) is 51.9 Å². The molecule has 140 valence electrons. The summed E-state index contributed by atoms with van der Waals surface area (Å²) >= 11 is 0. The summed E-state index contributed by atoms with van der Waals surface area (Å²) < 4.78 is 10.2. The first-order chi connectivity index (χ1) is 11.8. The molecule has 0 bridgehead atoms. The number of amides is 2. The van der Waals surface area contributed by atoms with Crippen molar-refractivity contribution in [3.05, 3.63) is 35.9 Å². The predicted molar refractivity (Wildman–Crippen MR) is 94.1 cm³/mol. The van der Waals surface area contributed by atoms with Gasteiger partial charge in [-0.3, -0.25) is 0 Å². The third-order valence-electron chi connectivity index (χ3n) is 3.15. The number of nitrogens with one attached hydrogen (secondary N) is 2. The van der Waals surface area contributed by atoms with E-state index in [2.05, 4.69) is 10.6 Å². The maximum Gasteiger partial charge on any atom is 0.407 e. The number of hydrogen-bond acceptors (Lipinski definition) is 5. The van der Waals surface area contributed by atoms with Crippen LogP contribution >= 0.6 is 0 Å². The van der Waals surface area contributed by atoms with Crippen LogP contribution in [0.15, 0.2) is 30.3 Å². The number of alkyl carbamates (subject to hydrolysis) is 2. The van der Waals surface area contributed by atoms with Gasteiger partial charge in [-0.25, -0.2) is 9.59 Å². The zero-order chi connectivity index (χ0) is 18.7. The van der Waals surface area contributed by atoms with Crippen LogP contribution in [0.4, 0.5) is 9.59 Å². The van der Waals surface area contributed by atoms with Crippen molar-refractivity contribution in [1.82, 2.24) is 10.6 Å². The zero-order valence-electron chi connectivity index (χ0n) is 15.1. The lowest BCUT2D eigenvalue weighted by Gasteiger charge is -2.20. The van der Waals surface area contributed by atoms with Gasteiger partial charge in [0.25, 0.3) is 0 Å². The lowest BCUT2D eigenvalue weighted by molar-refractivity contribution is 0.0526. The number of rotatable bonds is 8. The highest BCUT2D eigenvalue weighted by Gasteiger charge is 2.16. The fourth-order valence-corrected chi connectivity index (χ4v) is 1.99. The Hall–Kier alpha value is -2.28. The Balaban J connectivity index is 2.20. The summed E-state index contributed by atoms with van der Waals surface area (Å²) in [6, 6.07) is 8.91. The number of benzene rings is 1. The van der Waals surface area contributed by atoms with E-state index >= 15 is 0 Å². The van der Waals surface area contributed by atoms with Crippen LogP contribution in [-0.4, -0.2) is 42.1 Å². The summed E-state index contributed by atoms with van der Waals surface area (Å²) in [7, 11) is 0. The standard InChI is InChI=1S/C18H28N2O5/c1-18(2,3)25-16(22)19-11-7-10-15(12-21)20-17(23)24-13-14-8-5-4-6-9-14/h4-6,8-9,15,21H,7,10-13H2,1-3H3,(H,19,22)(H,20,23)/t15-/m1/s1. The van der Waals surface area contributed by atoms with E-state index in [0.29, 0.717) is 19.4 Å². The van der Waals surface area contributed by atoms with Crippen LogP contribution < -0.4 is 10.6 Å². The molecule has 25 heavy (non-hydrogen) atoms. The average molecular weight is 352 g/mol. The molecule has 0 aliphatic heterocycles. The smallest absolute Gasteiger partial charge is 0.407 e. The Kier molecular flexibility index (Phi) is 8.77. The van der Waals surface area contributed by atoms with Crippen LogP contribution in [0.5, 0.6) is 0 Å². The van der Waals surface area contributed by atoms with Crippen LogP contribution in [-0.2, 0) is 16.1 Å². The largest absolute Gasteiger partial charge is 0.445 e. The summed E-state index contributed by atoms with van der Waals surface area (Å²) in [5, 5.41) is 14.6. The highest BCUT2D eigenvalue weighted by Crippen LogP contribution is 2.06. The van der Waals surface area contributed by atoms with Crippen molar-refractivity contribution in [2.24, 2.45) is 0 Å². The highest BCUT2D eigenvalue weighted by molar-refractivity contribution is 5.68. The van der Waals surface area contributed by atoms with Crippen LogP contribution in [0.3, 0.4) is 0 Å². The molecule has 1 aromatic carbocycles. The second-order valence-corrected chi connectivity index (χ2v) is 6.66. The van der Waals surface area contributed by atoms with Gasteiger partial charge in [0, 0.05) is 6.54 Å². The number of carbonyl (C=O) groups is 2. The van der Waals surface area contributed by atoms with E-state index in [1.807, 2.05) is 30.3 Å². The van der Waals surface area contributed by atoms with E-state index in [-0.39, 0.29) is 13.2 Å². The quantitative estimate of drug-likeness (QED) is 0.625. The van der Waals surface area contributed by atoms with Crippen molar-refractivity contribution >= 4 is 12.2 Å². The summed E-state index contributed by atoms with van der Waals surface area (Å²) in [6.45, 7) is 5.74. The maximum atomic E-state index is 11.7. The van der Waals surface area contributed by atoms with Crippen molar-refractivity contribution in [1.29, 1.82) is 0 Å². The molecule has 1 atom stereocenters. The Bertz CT molecular complexity index is 528. The molecule has 0 radical (unpaired) electrons. The predicted octanol–water partition coefficient (Wildman–Crippen LogP) is 2.58. The van der Waals surface area contributed by atoms with Gasteiger partial charge in [-0.2, -0.15) is 0 Å². The Labute approximate surface area is 148 Å². The Morgan fingerprint density at radius 1 is 1.16 bits per heavy atom. The van der Waals surface area contributed by atoms with Crippen molar-refractivity contribution in [3.8, 4) is 0 Å². The van der Waals surface area contributed by atoms with Crippen LogP contribution in [0, 0.1) is 0 Å². The molecule has 2 amide bonds. The normalized spacial score (nSPS) is 12.2. The third-order valence-corrected chi connectivity index (χ3v) is 3.15. The fourth-order valence-electron chi connectivity index (χ4n) is 1.99. The van der Waals surface area contributed by atoms with Crippen LogP contribution in [0.1, 0.15) is 39.2 Å². The SMILES string of the molecule is CC(C)(C)OC(=O)NCCC[C@H](CO)NC(=O)OCc1ccccc1. The minimum absolute atomic E-state index is 0.172. The van der Waals surface area contributed by atoms with Gasteiger partial charge in [-0.1, -0.05) is 30.3 Å². The molecule has 0 aromatic heterocycles. The fraction of sp³-hybridized carbons (Fsp3) is 0.556. The number of hydrogen-bond donors (Lipinski definition) is 3. The summed E-state index contributed by atoms with van der Waals surface area (Å²) in [5.41, 5.74) is 0.349. The number of ether oxygens (including phenoxy) is 2. The van der Waals surface area contributed by atoms with E-state index < -0.39 is 23.8 Å². The van der Waals surface area contributed by atoms with Gasteiger partial charge in [0.1, 0.15) is 12.2 Å². The number of aliphatic hydroxyl groups is 1. The van der Waals surface area contributed by atoms with Crippen molar-refractivity contribution in [3.63, 3.8) is 0 Å². The monoisotopic (exact) mass is 352 g/mol. The van der Waals surface area contributed by atoms with Gasteiger partial charge in [0.15, 0.2) is 0 Å². The Morgan fingerprint density at radius 3 is 2.44 bits per heavy atom. The van der Waals surface area contributed by atoms with E-state index in [9.17, 15) is 14.7 Å². The zero-order valence-corrected chi connectivity index (χ0v) is 15.1. The van der Waals surface area contributed by atoms with E-state index in [1.165, 1.54) is 0 Å². The molecule has 1 rings (SSSR count). The molecule has 0 unspecified atom stereocenters. The minimum atomic E-state index is -0.581. The molecule has 1 aromatic rings. The van der Waals surface area contributed by atoms with Crippen LogP contribution in [0.25, 0.3) is 0 Å². The van der Waals surface area contributed by atoms with Gasteiger partial charge in [-0.15, -0.1) is 0 Å².